The Morgan fingerprint density at radius 3 is 2.19 bits per heavy atom. The van der Waals surface area contributed by atoms with E-state index in [4.69, 9.17) is 0 Å². The summed E-state index contributed by atoms with van der Waals surface area (Å²) in [6.07, 6.45) is 1.63. The summed E-state index contributed by atoms with van der Waals surface area (Å²) in [6, 6.07) is 12.0. The van der Waals surface area contributed by atoms with Gasteiger partial charge >= 0.3 is 0 Å². The SMILES string of the molecule is CC(C)Cn1c[n+](CC(=O)c2ccc([N+](=O)[O-])cc2)c2c1C(=O)c1ccccc1C2=O.[Br-]. The molecule has 0 saturated heterocycles. The largest absolute Gasteiger partial charge is 1.00 e. The van der Waals surface area contributed by atoms with Crippen LogP contribution in [0.5, 0.6) is 0 Å². The summed E-state index contributed by atoms with van der Waals surface area (Å²) in [6.45, 7) is 4.36. The normalized spacial score (nSPS) is 12.2. The fourth-order valence-electron chi connectivity index (χ4n) is 3.83. The number of fused-ring (bicyclic) bond motifs is 2. The number of hydrogen-bond acceptors (Lipinski definition) is 5. The second kappa shape index (κ2) is 8.96. The predicted molar refractivity (Wildman–Crippen MR) is 110 cm³/mol. The molecule has 8 nitrogen and oxygen atoms in total. The number of carbonyl (C=O) groups excluding carboxylic acids is 3. The molecule has 1 heterocycles. The monoisotopic (exact) mass is 497 g/mol. The average Bonchev–Trinajstić information content (AvgIpc) is 3.09. The highest BCUT2D eigenvalue weighted by Crippen LogP contribution is 2.26. The van der Waals surface area contributed by atoms with Crippen LogP contribution in [0.4, 0.5) is 5.69 Å². The number of hydrogen-bond donors (Lipinski definition) is 0. The van der Waals surface area contributed by atoms with E-state index in [1.54, 1.807) is 35.2 Å². The van der Waals surface area contributed by atoms with Crippen molar-refractivity contribution in [1.82, 2.24) is 4.57 Å². The highest BCUT2D eigenvalue weighted by atomic mass is 79.9. The first-order chi connectivity index (χ1) is 14.8. The lowest BCUT2D eigenvalue weighted by molar-refractivity contribution is -0.684. The maximum atomic E-state index is 13.2. The fourth-order valence-corrected chi connectivity index (χ4v) is 3.83. The lowest BCUT2D eigenvalue weighted by Crippen LogP contribution is -3.00. The zero-order valence-electron chi connectivity index (χ0n) is 17.4. The summed E-state index contributed by atoms with van der Waals surface area (Å²) in [7, 11) is 0. The van der Waals surface area contributed by atoms with Crippen LogP contribution in [-0.4, -0.2) is 26.8 Å². The number of carbonyl (C=O) groups is 3. The van der Waals surface area contributed by atoms with Crippen LogP contribution in [0, 0.1) is 16.0 Å². The van der Waals surface area contributed by atoms with Crippen LogP contribution < -0.4 is 21.5 Å². The molecule has 3 aromatic rings. The van der Waals surface area contributed by atoms with Crippen LogP contribution in [0.2, 0.25) is 0 Å². The number of ketones is 3. The third-order valence-corrected chi connectivity index (χ3v) is 5.20. The van der Waals surface area contributed by atoms with Gasteiger partial charge in [-0.2, -0.15) is 0 Å². The number of rotatable bonds is 6. The Hall–Kier alpha value is -3.46. The Balaban J connectivity index is 0.00000289. The topological polar surface area (TPSA) is 103 Å². The fraction of sp³-hybridized carbons (Fsp3) is 0.217. The van der Waals surface area contributed by atoms with E-state index in [0.717, 1.165) is 0 Å². The van der Waals surface area contributed by atoms with Gasteiger partial charge in [0.1, 0.15) is 0 Å². The van der Waals surface area contributed by atoms with Crippen molar-refractivity contribution in [2.75, 3.05) is 0 Å². The van der Waals surface area contributed by atoms with Crippen molar-refractivity contribution in [2.24, 2.45) is 5.92 Å². The molecule has 0 unspecified atom stereocenters. The van der Waals surface area contributed by atoms with Crippen LogP contribution in [0.3, 0.4) is 0 Å². The van der Waals surface area contributed by atoms with Crippen LogP contribution in [0.25, 0.3) is 0 Å². The van der Waals surface area contributed by atoms with Gasteiger partial charge in [-0.25, -0.2) is 9.13 Å². The molecule has 1 aliphatic rings. The molecule has 0 fully saturated rings. The predicted octanol–water partition coefficient (Wildman–Crippen LogP) is 0.00210. The lowest BCUT2D eigenvalue weighted by atomic mass is 9.89. The molecule has 1 aliphatic carbocycles. The molecule has 32 heavy (non-hydrogen) atoms. The van der Waals surface area contributed by atoms with E-state index >= 15 is 0 Å². The first-order valence-corrected chi connectivity index (χ1v) is 9.86. The van der Waals surface area contributed by atoms with E-state index < -0.39 is 4.92 Å². The number of imidazole rings is 1. The Morgan fingerprint density at radius 2 is 1.62 bits per heavy atom. The molecular weight excluding hydrogens is 478 g/mol. The second-order valence-electron chi connectivity index (χ2n) is 7.92. The number of nitro groups is 1. The molecule has 2 aromatic carbocycles. The summed E-state index contributed by atoms with van der Waals surface area (Å²) >= 11 is 0. The minimum atomic E-state index is -0.535. The molecular formula is C23H20BrN3O5. The number of nitrogens with zero attached hydrogens (tertiary/aromatic N) is 3. The van der Waals surface area contributed by atoms with Gasteiger partial charge in [0.25, 0.3) is 5.69 Å². The van der Waals surface area contributed by atoms with E-state index in [1.807, 2.05) is 13.8 Å². The molecule has 4 rings (SSSR count). The molecule has 0 spiro atoms. The van der Waals surface area contributed by atoms with E-state index in [-0.39, 0.29) is 63.9 Å². The molecule has 1 aromatic heterocycles. The molecule has 0 amide bonds. The number of Topliss-reactive ketones (excluding diaryl/α,β-unsaturated/α-hetero) is 1. The molecule has 0 atom stereocenters. The van der Waals surface area contributed by atoms with Crippen LogP contribution in [-0.2, 0) is 13.1 Å². The summed E-state index contributed by atoms with van der Waals surface area (Å²) in [5.74, 6) is -0.643. The van der Waals surface area contributed by atoms with Crippen molar-refractivity contribution in [1.29, 1.82) is 0 Å². The van der Waals surface area contributed by atoms with Gasteiger partial charge in [-0.15, -0.1) is 0 Å². The number of aromatic nitrogens is 2. The molecule has 164 valence electrons. The van der Waals surface area contributed by atoms with E-state index in [0.29, 0.717) is 23.2 Å². The smallest absolute Gasteiger partial charge is 0.269 e. The zero-order valence-corrected chi connectivity index (χ0v) is 19.0. The molecule has 0 saturated carbocycles. The van der Waals surface area contributed by atoms with Crippen LogP contribution >= 0.6 is 0 Å². The summed E-state index contributed by atoms with van der Waals surface area (Å²) in [4.78, 5) is 49.6. The highest BCUT2D eigenvalue weighted by Gasteiger charge is 2.41. The van der Waals surface area contributed by atoms with E-state index in [9.17, 15) is 24.5 Å². The number of benzene rings is 2. The number of non-ortho nitro benzene ring substituents is 1. The summed E-state index contributed by atoms with van der Waals surface area (Å²) < 4.78 is 3.25. The van der Waals surface area contributed by atoms with Gasteiger partial charge in [0, 0.05) is 28.8 Å². The van der Waals surface area contributed by atoms with Crippen molar-refractivity contribution in [3.05, 3.63) is 93.1 Å². The first-order valence-electron chi connectivity index (χ1n) is 9.86. The Bertz CT molecular complexity index is 1250. The Labute approximate surface area is 194 Å². The van der Waals surface area contributed by atoms with E-state index in [1.165, 1.54) is 28.8 Å². The minimum Gasteiger partial charge on any atom is -1.00 e. The molecule has 9 heteroatoms. The maximum absolute atomic E-state index is 13.2. The van der Waals surface area contributed by atoms with Gasteiger partial charge in [-0.1, -0.05) is 38.1 Å². The average molecular weight is 498 g/mol. The first kappa shape index (κ1) is 23.2. The molecule has 0 N–H and O–H groups in total. The number of nitro benzene ring substituents is 1. The Morgan fingerprint density at radius 1 is 1.03 bits per heavy atom. The van der Waals surface area contributed by atoms with E-state index in [2.05, 4.69) is 0 Å². The van der Waals surface area contributed by atoms with Gasteiger partial charge in [0.05, 0.1) is 11.5 Å². The molecule has 0 aliphatic heterocycles. The van der Waals surface area contributed by atoms with Gasteiger partial charge in [0.2, 0.25) is 35.1 Å². The summed E-state index contributed by atoms with van der Waals surface area (Å²) in [5, 5.41) is 10.8. The standard InChI is InChI=1S/C23H20N3O5.BrH/c1-14(2)11-24-13-25(12-19(27)15-7-9-16(10-8-15)26(30)31)21-20(24)22(28)17-5-3-4-6-18(17)23(21)29;/h3-10,13-14H,11-12H2,1-2H3;1H/q+1;/p-1. The zero-order chi connectivity index (χ0) is 22.3. The van der Waals surface area contributed by atoms with Crippen LogP contribution in [0.15, 0.2) is 54.9 Å². The summed E-state index contributed by atoms with van der Waals surface area (Å²) in [5.41, 5.74) is 1.34. The van der Waals surface area contributed by atoms with Gasteiger partial charge in [-0.05, 0) is 18.1 Å². The van der Waals surface area contributed by atoms with Crippen molar-refractivity contribution in [2.45, 2.75) is 26.9 Å². The second-order valence-corrected chi connectivity index (χ2v) is 7.92. The quantitative estimate of drug-likeness (QED) is 0.161. The van der Waals surface area contributed by atoms with Gasteiger partial charge in [0.15, 0.2) is 6.54 Å². The van der Waals surface area contributed by atoms with Crippen molar-refractivity contribution >= 4 is 23.0 Å². The van der Waals surface area contributed by atoms with Gasteiger partial charge in [-0.3, -0.25) is 24.5 Å². The minimum absolute atomic E-state index is 0. The number of halogens is 1. The van der Waals surface area contributed by atoms with Gasteiger partial charge < -0.3 is 17.0 Å². The van der Waals surface area contributed by atoms with Crippen molar-refractivity contribution in [3.8, 4) is 0 Å². The molecule has 0 bridgehead atoms. The third-order valence-electron chi connectivity index (χ3n) is 5.20. The van der Waals surface area contributed by atoms with Crippen molar-refractivity contribution < 1.29 is 40.9 Å². The molecule has 0 radical (unpaired) electrons. The third kappa shape index (κ3) is 4.03. The lowest BCUT2D eigenvalue weighted by Gasteiger charge is -2.13. The van der Waals surface area contributed by atoms with Crippen molar-refractivity contribution in [3.63, 3.8) is 0 Å². The Kier molecular flexibility index (Phi) is 6.50. The highest BCUT2D eigenvalue weighted by molar-refractivity contribution is 6.26. The van der Waals surface area contributed by atoms with Crippen LogP contribution in [0.1, 0.15) is 56.3 Å². The maximum Gasteiger partial charge on any atom is 0.269 e.